The molecule has 0 saturated carbocycles. The lowest BCUT2D eigenvalue weighted by molar-refractivity contribution is -0.120. The van der Waals surface area contributed by atoms with Crippen molar-refractivity contribution in [3.05, 3.63) is 83.4 Å². The van der Waals surface area contributed by atoms with Gasteiger partial charge in [-0.15, -0.1) is 0 Å². The maximum absolute atomic E-state index is 13.3. The minimum atomic E-state index is -1.09. The van der Waals surface area contributed by atoms with Gasteiger partial charge < -0.3 is 16.0 Å². The maximum Gasteiger partial charge on any atom is 0.273 e. The number of carbonyl (C=O) groups is 2. The number of nitrogens with zero attached hydrogens (tertiary/aromatic N) is 4. The average Bonchev–Trinajstić information content (AvgIpc) is 3.16. The zero-order chi connectivity index (χ0) is 20.7. The van der Waals surface area contributed by atoms with Crippen LogP contribution in [0.3, 0.4) is 0 Å². The monoisotopic (exact) mass is 398 g/mol. The number of aliphatic imine (C=N–C) groups is 1. The molecule has 148 valence electrons. The summed E-state index contributed by atoms with van der Waals surface area (Å²) < 4.78 is 0. The molecule has 3 N–H and O–H groups in total. The number of aromatic nitrogens is 2. The van der Waals surface area contributed by atoms with E-state index in [0.717, 1.165) is 22.4 Å². The number of benzene rings is 2. The fraction of sp³-hybridized carbons (Fsp3) is 0.136. The van der Waals surface area contributed by atoms with Gasteiger partial charge >= 0.3 is 0 Å². The molecule has 2 aliphatic rings. The van der Waals surface area contributed by atoms with Gasteiger partial charge in [0.2, 0.25) is 6.17 Å². The summed E-state index contributed by atoms with van der Waals surface area (Å²) in [5.41, 5.74) is 10.9. The Balaban J connectivity index is 1.64. The molecule has 5 rings (SSSR count). The highest BCUT2D eigenvalue weighted by atomic mass is 16.2. The molecule has 2 aliphatic heterocycles. The first-order valence-corrected chi connectivity index (χ1v) is 9.56. The molecule has 2 amide bonds. The molecule has 1 unspecified atom stereocenters. The lowest BCUT2D eigenvalue weighted by Crippen LogP contribution is -2.47. The van der Waals surface area contributed by atoms with Crippen molar-refractivity contribution in [3.8, 4) is 0 Å². The second-order valence-electron chi connectivity index (χ2n) is 7.13. The molecule has 0 bridgehead atoms. The van der Waals surface area contributed by atoms with Crippen molar-refractivity contribution in [2.24, 2.45) is 4.99 Å². The summed E-state index contributed by atoms with van der Waals surface area (Å²) in [7, 11) is 0. The van der Waals surface area contributed by atoms with Crippen molar-refractivity contribution in [1.82, 2.24) is 15.3 Å². The zero-order valence-corrected chi connectivity index (χ0v) is 15.9. The number of nitrogens with one attached hydrogen (secondary N) is 1. The van der Waals surface area contributed by atoms with Crippen LogP contribution in [0.1, 0.15) is 27.2 Å². The van der Waals surface area contributed by atoms with Crippen LogP contribution in [0, 0.1) is 0 Å². The van der Waals surface area contributed by atoms with Crippen LogP contribution in [0.2, 0.25) is 0 Å². The minimum Gasteiger partial charge on any atom is -0.399 e. The predicted molar refractivity (Wildman–Crippen MR) is 112 cm³/mol. The van der Waals surface area contributed by atoms with Crippen molar-refractivity contribution in [3.63, 3.8) is 0 Å². The summed E-state index contributed by atoms with van der Waals surface area (Å²) in [5, 5.41) is 2.71. The molecule has 0 fully saturated rings. The fourth-order valence-electron chi connectivity index (χ4n) is 3.91. The van der Waals surface area contributed by atoms with Crippen molar-refractivity contribution < 1.29 is 9.59 Å². The predicted octanol–water partition coefficient (Wildman–Crippen LogP) is 1.55. The molecule has 0 aliphatic carbocycles. The first-order chi connectivity index (χ1) is 14.6. The quantitative estimate of drug-likeness (QED) is 0.650. The van der Waals surface area contributed by atoms with E-state index in [1.807, 2.05) is 42.5 Å². The van der Waals surface area contributed by atoms with Gasteiger partial charge in [0.05, 0.1) is 17.6 Å². The Morgan fingerprint density at radius 3 is 2.77 bits per heavy atom. The van der Waals surface area contributed by atoms with Crippen molar-refractivity contribution in [2.75, 3.05) is 17.2 Å². The Morgan fingerprint density at radius 2 is 2.00 bits per heavy atom. The van der Waals surface area contributed by atoms with E-state index >= 15 is 0 Å². The van der Waals surface area contributed by atoms with E-state index in [1.165, 1.54) is 18.6 Å². The van der Waals surface area contributed by atoms with E-state index in [-0.39, 0.29) is 11.6 Å². The van der Waals surface area contributed by atoms with Gasteiger partial charge in [0.25, 0.3) is 11.8 Å². The molecule has 1 atom stereocenters. The lowest BCUT2D eigenvalue weighted by atomic mass is 9.97. The van der Waals surface area contributed by atoms with Crippen LogP contribution in [-0.2, 0) is 11.2 Å². The topological polar surface area (TPSA) is 114 Å². The number of carbonyl (C=O) groups excluding carboxylic acids is 2. The molecule has 1 aromatic heterocycles. The first kappa shape index (κ1) is 18.0. The van der Waals surface area contributed by atoms with E-state index in [1.54, 1.807) is 4.90 Å². The highest BCUT2D eigenvalue weighted by molar-refractivity contribution is 6.21. The largest absolute Gasteiger partial charge is 0.399 e. The Hall–Kier alpha value is -4.07. The second kappa shape index (κ2) is 7.07. The van der Waals surface area contributed by atoms with E-state index in [2.05, 4.69) is 20.3 Å². The van der Waals surface area contributed by atoms with E-state index < -0.39 is 12.1 Å². The van der Waals surface area contributed by atoms with Gasteiger partial charge in [-0.05, 0) is 24.1 Å². The molecular weight excluding hydrogens is 380 g/mol. The van der Waals surface area contributed by atoms with Crippen LogP contribution in [0.4, 0.5) is 11.4 Å². The third-order valence-corrected chi connectivity index (χ3v) is 5.21. The van der Waals surface area contributed by atoms with E-state index in [4.69, 9.17) is 5.73 Å². The molecular formula is C22H18N6O2. The minimum absolute atomic E-state index is 0.120. The number of hydrogen-bond acceptors (Lipinski definition) is 6. The molecule has 8 nitrogen and oxygen atoms in total. The summed E-state index contributed by atoms with van der Waals surface area (Å²) in [5.74, 6) is -0.801. The summed E-state index contributed by atoms with van der Waals surface area (Å²) in [6, 6.07) is 13.3. The van der Waals surface area contributed by atoms with Gasteiger partial charge in [0, 0.05) is 35.8 Å². The van der Waals surface area contributed by atoms with Gasteiger partial charge in [0.15, 0.2) is 0 Å². The zero-order valence-electron chi connectivity index (χ0n) is 15.9. The molecule has 8 heteroatoms. The fourth-order valence-corrected chi connectivity index (χ4v) is 3.91. The Labute approximate surface area is 172 Å². The van der Waals surface area contributed by atoms with Crippen molar-refractivity contribution in [1.29, 1.82) is 0 Å². The van der Waals surface area contributed by atoms with Gasteiger partial charge in [0.1, 0.15) is 5.69 Å². The van der Waals surface area contributed by atoms with Crippen molar-refractivity contribution >= 4 is 28.9 Å². The number of amides is 2. The molecule has 30 heavy (non-hydrogen) atoms. The number of anilines is 2. The highest BCUT2D eigenvalue weighted by Gasteiger charge is 2.37. The molecule has 0 radical (unpaired) electrons. The maximum atomic E-state index is 13.3. The van der Waals surface area contributed by atoms with Gasteiger partial charge in [-0.2, -0.15) is 0 Å². The van der Waals surface area contributed by atoms with Crippen molar-refractivity contribution in [2.45, 2.75) is 12.6 Å². The van der Waals surface area contributed by atoms with E-state index in [9.17, 15) is 9.59 Å². The summed E-state index contributed by atoms with van der Waals surface area (Å²) >= 11 is 0. The molecule has 0 saturated heterocycles. The van der Waals surface area contributed by atoms with Crippen LogP contribution >= 0.6 is 0 Å². The second-order valence-corrected chi connectivity index (χ2v) is 7.13. The Kier molecular flexibility index (Phi) is 4.24. The average molecular weight is 398 g/mol. The SMILES string of the molecule is Nc1cc2c3c(c1)C(c1ccccc1)=NC(NC(=O)c1cnccn1)C(=O)N3CC2. The number of rotatable bonds is 3. The van der Waals surface area contributed by atoms with E-state index in [0.29, 0.717) is 24.4 Å². The molecule has 2 aromatic carbocycles. The van der Waals surface area contributed by atoms with Crippen LogP contribution in [0.5, 0.6) is 0 Å². The normalized spacial score (nSPS) is 17.2. The number of nitrogens with two attached hydrogens (primary N) is 1. The first-order valence-electron chi connectivity index (χ1n) is 9.56. The van der Waals surface area contributed by atoms with Crippen LogP contribution in [0.25, 0.3) is 0 Å². The standard InChI is InChI=1S/C22H18N6O2/c23-15-10-14-6-9-28-19(14)16(11-15)18(13-4-2-1-3-5-13)26-20(22(28)30)27-21(29)17-12-24-7-8-25-17/h1-5,7-8,10-12,20H,6,9,23H2,(H,27,29). The number of hydrogen-bond donors (Lipinski definition) is 2. The Bertz CT molecular complexity index is 1180. The molecule has 3 heterocycles. The summed E-state index contributed by atoms with van der Waals surface area (Å²) in [6.07, 6.45) is 3.86. The number of nitrogen functional groups attached to an aromatic ring is 1. The van der Waals surface area contributed by atoms with Gasteiger partial charge in [-0.1, -0.05) is 30.3 Å². The van der Waals surface area contributed by atoms with Crippen LogP contribution in [0.15, 0.2) is 66.0 Å². The van der Waals surface area contributed by atoms with Gasteiger partial charge in [-0.25, -0.2) is 9.98 Å². The summed E-state index contributed by atoms with van der Waals surface area (Å²) in [6.45, 7) is 0.514. The third-order valence-electron chi connectivity index (χ3n) is 5.21. The lowest BCUT2D eigenvalue weighted by Gasteiger charge is -2.21. The molecule has 3 aromatic rings. The molecule has 0 spiro atoms. The smallest absolute Gasteiger partial charge is 0.273 e. The van der Waals surface area contributed by atoms with Gasteiger partial charge in [-0.3, -0.25) is 14.6 Å². The highest BCUT2D eigenvalue weighted by Crippen LogP contribution is 2.37. The van der Waals surface area contributed by atoms with Crippen LogP contribution in [-0.4, -0.2) is 40.2 Å². The summed E-state index contributed by atoms with van der Waals surface area (Å²) in [4.78, 5) is 40.3. The Morgan fingerprint density at radius 1 is 1.17 bits per heavy atom. The van der Waals surface area contributed by atoms with Crippen LogP contribution < -0.4 is 16.0 Å². The third kappa shape index (κ3) is 2.98.